The number of aromatic nitrogens is 2. The third-order valence-electron chi connectivity index (χ3n) is 3.93. The van der Waals surface area contributed by atoms with Crippen molar-refractivity contribution in [2.45, 2.75) is 4.34 Å². The molecule has 1 N–H and O–H groups in total. The van der Waals surface area contributed by atoms with Crippen LogP contribution in [0.1, 0.15) is 0 Å². The monoisotopic (exact) mass is 413 g/mol. The number of thioether (sulfide) groups is 1. The number of halogens is 1. The number of amides is 1. The Morgan fingerprint density at radius 3 is 2.85 bits per heavy atom. The van der Waals surface area contributed by atoms with Crippen LogP contribution in [0.4, 0.5) is 10.8 Å². The number of rotatable bonds is 6. The van der Waals surface area contributed by atoms with Crippen LogP contribution in [0, 0.1) is 0 Å². The van der Waals surface area contributed by atoms with Crippen molar-refractivity contribution in [3.05, 3.63) is 23.2 Å². The maximum absolute atomic E-state index is 12.2. The summed E-state index contributed by atoms with van der Waals surface area (Å²) in [5.74, 6) is 0.667. The molecule has 1 fully saturated rings. The van der Waals surface area contributed by atoms with Crippen LogP contribution in [-0.2, 0) is 4.79 Å². The third kappa shape index (κ3) is 5.00. The molecule has 0 unspecified atom stereocenters. The first-order valence-corrected chi connectivity index (χ1v) is 10.3. The molecule has 1 aliphatic rings. The normalized spacial score (nSPS) is 15.1. The number of carbonyl (C=O) groups excluding carboxylic acids is 1. The Labute approximate surface area is 165 Å². The zero-order valence-electron chi connectivity index (χ0n) is 14.6. The van der Waals surface area contributed by atoms with Crippen molar-refractivity contribution in [2.24, 2.45) is 0 Å². The first kappa shape index (κ1) is 19.2. The molecule has 0 bridgehead atoms. The van der Waals surface area contributed by atoms with E-state index in [2.05, 4.69) is 32.4 Å². The minimum atomic E-state index is -0.146. The molecular formula is C16H20ClN5O2S2. The standard InChI is InChI=1S/C16H20ClN5O2S2/c1-21-5-7-22(8-6-21)15-19-20-16(26-15)25-10-14(23)18-12-9-11(17)3-4-13(12)24-2/h3-4,9H,5-8,10H2,1-2H3,(H,18,23). The molecule has 1 amide bonds. The highest BCUT2D eigenvalue weighted by atomic mass is 35.5. The number of benzene rings is 1. The summed E-state index contributed by atoms with van der Waals surface area (Å²) in [4.78, 5) is 16.7. The van der Waals surface area contributed by atoms with Crippen molar-refractivity contribution in [1.29, 1.82) is 0 Å². The highest BCUT2D eigenvalue weighted by Crippen LogP contribution is 2.30. The molecule has 1 aromatic carbocycles. The van der Waals surface area contributed by atoms with Gasteiger partial charge in [0.05, 0.1) is 18.6 Å². The van der Waals surface area contributed by atoms with E-state index >= 15 is 0 Å². The fraction of sp³-hybridized carbons (Fsp3) is 0.438. The molecule has 0 atom stereocenters. The summed E-state index contributed by atoms with van der Waals surface area (Å²) in [7, 11) is 3.67. The van der Waals surface area contributed by atoms with Gasteiger partial charge in [0.1, 0.15) is 5.75 Å². The number of ether oxygens (including phenoxy) is 1. The molecule has 7 nitrogen and oxygen atoms in total. The lowest BCUT2D eigenvalue weighted by molar-refractivity contribution is -0.113. The van der Waals surface area contributed by atoms with Crippen molar-refractivity contribution >= 4 is 51.4 Å². The Hall–Kier alpha value is -1.55. The number of methoxy groups -OCH3 is 1. The van der Waals surface area contributed by atoms with Crippen molar-refractivity contribution in [3.8, 4) is 5.75 Å². The second-order valence-corrected chi connectivity index (χ2v) is 8.44. The zero-order chi connectivity index (χ0) is 18.5. The van der Waals surface area contributed by atoms with Gasteiger partial charge in [-0.15, -0.1) is 10.2 Å². The predicted molar refractivity (Wildman–Crippen MR) is 107 cm³/mol. The lowest BCUT2D eigenvalue weighted by Crippen LogP contribution is -2.44. The Balaban J connectivity index is 1.53. The van der Waals surface area contributed by atoms with Gasteiger partial charge in [0.15, 0.2) is 4.34 Å². The fourth-order valence-corrected chi connectivity index (χ4v) is 4.34. The van der Waals surface area contributed by atoms with Crippen LogP contribution >= 0.6 is 34.7 Å². The summed E-state index contributed by atoms with van der Waals surface area (Å²) < 4.78 is 6.02. The van der Waals surface area contributed by atoms with Gasteiger partial charge in [-0.05, 0) is 25.2 Å². The smallest absolute Gasteiger partial charge is 0.234 e. The summed E-state index contributed by atoms with van der Waals surface area (Å²) in [5.41, 5.74) is 0.556. The minimum Gasteiger partial charge on any atom is -0.495 e. The molecule has 10 heteroatoms. The second-order valence-electron chi connectivity index (χ2n) is 5.82. The summed E-state index contributed by atoms with van der Waals surface area (Å²) in [5, 5.41) is 12.7. The summed E-state index contributed by atoms with van der Waals surface area (Å²) in [6, 6.07) is 5.10. The van der Waals surface area contributed by atoms with Crippen LogP contribution in [0.5, 0.6) is 5.75 Å². The topological polar surface area (TPSA) is 70.6 Å². The van der Waals surface area contributed by atoms with Gasteiger partial charge in [0, 0.05) is 31.2 Å². The van der Waals surface area contributed by atoms with Crippen molar-refractivity contribution in [3.63, 3.8) is 0 Å². The first-order chi connectivity index (χ1) is 12.5. The van der Waals surface area contributed by atoms with Gasteiger partial charge in [-0.1, -0.05) is 34.7 Å². The lowest BCUT2D eigenvalue weighted by atomic mass is 10.3. The van der Waals surface area contributed by atoms with Gasteiger partial charge in [-0.3, -0.25) is 4.79 Å². The minimum absolute atomic E-state index is 0.146. The SMILES string of the molecule is COc1ccc(Cl)cc1NC(=O)CSc1nnc(N2CCN(C)CC2)s1. The Morgan fingerprint density at radius 2 is 2.12 bits per heavy atom. The van der Waals surface area contributed by atoms with Crippen LogP contribution in [0.2, 0.25) is 5.02 Å². The average Bonchev–Trinajstić information content (AvgIpc) is 3.10. The van der Waals surface area contributed by atoms with Crippen LogP contribution in [0.25, 0.3) is 0 Å². The van der Waals surface area contributed by atoms with E-state index in [9.17, 15) is 4.79 Å². The molecular weight excluding hydrogens is 394 g/mol. The first-order valence-electron chi connectivity index (χ1n) is 8.08. The average molecular weight is 414 g/mol. The third-order valence-corrected chi connectivity index (χ3v) is 6.28. The van der Waals surface area contributed by atoms with Gasteiger partial charge in [-0.2, -0.15) is 0 Å². The van der Waals surface area contributed by atoms with Crippen LogP contribution in [0.15, 0.2) is 22.5 Å². The molecule has 140 valence electrons. The second kappa shape index (κ2) is 8.90. The highest BCUT2D eigenvalue weighted by molar-refractivity contribution is 8.01. The van der Waals surface area contributed by atoms with E-state index in [0.717, 1.165) is 35.7 Å². The van der Waals surface area contributed by atoms with Crippen LogP contribution in [0.3, 0.4) is 0 Å². The molecule has 0 saturated carbocycles. The molecule has 2 aromatic rings. The lowest BCUT2D eigenvalue weighted by Gasteiger charge is -2.31. The van der Waals surface area contributed by atoms with Crippen LogP contribution in [-0.4, -0.2) is 67.1 Å². The Morgan fingerprint density at radius 1 is 1.35 bits per heavy atom. The highest BCUT2D eigenvalue weighted by Gasteiger charge is 2.18. The number of anilines is 2. The number of piperazine rings is 1. The van der Waals surface area contributed by atoms with Crippen LogP contribution < -0.4 is 15.0 Å². The molecule has 1 saturated heterocycles. The number of carbonyl (C=O) groups is 1. The van der Waals surface area contributed by atoms with E-state index in [-0.39, 0.29) is 11.7 Å². The van der Waals surface area contributed by atoms with Crippen molar-refractivity contribution < 1.29 is 9.53 Å². The molecule has 1 aromatic heterocycles. The number of hydrogen-bond acceptors (Lipinski definition) is 8. The van der Waals surface area contributed by atoms with E-state index in [1.165, 1.54) is 23.1 Å². The fourth-order valence-electron chi connectivity index (χ4n) is 2.48. The molecule has 1 aliphatic heterocycles. The summed E-state index contributed by atoms with van der Waals surface area (Å²) in [6.07, 6.45) is 0. The number of nitrogens with zero attached hydrogens (tertiary/aromatic N) is 4. The van der Waals surface area contributed by atoms with Gasteiger partial charge in [-0.25, -0.2) is 0 Å². The van der Waals surface area contributed by atoms with Crippen molar-refractivity contribution in [1.82, 2.24) is 15.1 Å². The maximum atomic E-state index is 12.2. The van der Waals surface area contributed by atoms with E-state index in [1.54, 1.807) is 25.3 Å². The summed E-state index contributed by atoms with van der Waals surface area (Å²) >= 11 is 8.87. The quantitative estimate of drug-likeness (QED) is 0.730. The molecule has 0 aliphatic carbocycles. The molecule has 0 radical (unpaired) electrons. The molecule has 3 rings (SSSR count). The number of likely N-dealkylation sites (N-methyl/N-ethyl adjacent to an activating group) is 1. The predicted octanol–water partition coefficient (Wildman–Crippen LogP) is 2.68. The molecule has 2 heterocycles. The van der Waals surface area contributed by atoms with Gasteiger partial charge < -0.3 is 19.9 Å². The van der Waals surface area contributed by atoms with Gasteiger partial charge >= 0.3 is 0 Å². The zero-order valence-corrected chi connectivity index (χ0v) is 17.0. The summed E-state index contributed by atoms with van der Waals surface area (Å²) in [6.45, 7) is 3.94. The molecule has 26 heavy (non-hydrogen) atoms. The maximum Gasteiger partial charge on any atom is 0.234 e. The van der Waals surface area contributed by atoms with E-state index < -0.39 is 0 Å². The Kier molecular flexibility index (Phi) is 6.58. The van der Waals surface area contributed by atoms with Crippen molar-refractivity contribution in [2.75, 3.05) is 56.3 Å². The van der Waals surface area contributed by atoms with E-state index in [1.807, 2.05) is 0 Å². The molecule has 0 spiro atoms. The van der Waals surface area contributed by atoms with E-state index in [4.69, 9.17) is 16.3 Å². The largest absolute Gasteiger partial charge is 0.495 e. The van der Waals surface area contributed by atoms with Gasteiger partial charge in [0.25, 0.3) is 0 Å². The van der Waals surface area contributed by atoms with E-state index in [0.29, 0.717) is 16.5 Å². The number of nitrogens with one attached hydrogen (secondary N) is 1. The Bertz CT molecular complexity index is 765. The van der Waals surface area contributed by atoms with Gasteiger partial charge in [0.2, 0.25) is 11.0 Å². The number of hydrogen-bond donors (Lipinski definition) is 1.